The number of nitrogens with zero attached hydrogens (tertiary/aromatic N) is 2. The van der Waals surface area contributed by atoms with Crippen molar-refractivity contribution in [3.05, 3.63) is 76.4 Å². The Morgan fingerprint density at radius 1 is 0.967 bits per heavy atom. The van der Waals surface area contributed by atoms with Crippen LogP contribution in [0.2, 0.25) is 0 Å². The van der Waals surface area contributed by atoms with Crippen molar-refractivity contribution in [1.29, 1.82) is 0 Å². The third-order valence-corrected chi connectivity index (χ3v) is 6.09. The maximum Gasteiger partial charge on any atom is 0.343 e. The van der Waals surface area contributed by atoms with Gasteiger partial charge in [0.25, 0.3) is 5.69 Å². The van der Waals surface area contributed by atoms with Crippen LogP contribution in [0.4, 0.5) is 11.4 Å². The van der Waals surface area contributed by atoms with Crippen molar-refractivity contribution in [3.63, 3.8) is 0 Å². The van der Waals surface area contributed by atoms with E-state index in [-0.39, 0.29) is 58.2 Å². The van der Waals surface area contributed by atoms with Crippen molar-refractivity contribution in [1.82, 2.24) is 0 Å². The summed E-state index contributed by atoms with van der Waals surface area (Å²) in [4.78, 5) is 50.0. The number of fused-ring (bicyclic) bond motifs is 5. The predicted molar refractivity (Wildman–Crippen MR) is 105 cm³/mol. The number of amides is 2. The van der Waals surface area contributed by atoms with E-state index in [0.717, 1.165) is 11.3 Å². The molecular weight excluding hydrogens is 388 g/mol. The minimum absolute atomic E-state index is 0.0799. The van der Waals surface area contributed by atoms with Gasteiger partial charge in [-0.2, -0.15) is 0 Å². The van der Waals surface area contributed by atoms with Gasteiger partial charge in [0, 0.05) is 12.1 Å². The first-order chi connectivity index (χ1) is 14.5. The van der Waals surface area contributed by atoms with Crippen LogP contribution in [0.3, 0.4) is 0 Å². The zero-order valence-corrected chi connectivity index (χ0v) is 15.6. The van der Waals surface area contributed by atoms with E-state index in [4.69, 9.17) is 4.74 Å². The topological polar surface area (TPSA) is 107 Å². The van der Waals surface area contributed by atoms with Crippen LogP contribution in [0.1, 0.15) is 16.8 Å². The highest BCUT2D eigenvalue weighted by atomic mass is 16.6. The second-order valence-electron chi connectivity index (χ2n) is 7.67. The molecule has 2 bridgehead atoms. The molecule has 0 aromatic heterocycles. The number of esters is 1. The van der Waals surface area contributed by atoms with Crippen LogP contribution in [-0.4, -0.2) is 22.7 Å². The van der Waals surface area contributed by atoms with Crippen molar-refractivity contribution in [2.45, 2.75) is 6.42 Å². The van der Waals surface area contributed by atoms with E-state index in [1.807, 2.05) is 12.2 Å². The zero-order chi connectivity index (χ0) is 21.0. The molecule has 2 fully saturated rings. The Labute approximate surface area is 170 Å². The van der Waals surface area contributed by atoms with Gasteiger partial charge in [-0.25, -0.2) is 9.69 Å². The zero-order valence-electron chi connectivity index (χ0n) is 15.6. The highest BCUT2D eigenvalue weighted by Gasteiger charge is 2.59. The summed E-state index contributed by atoms with van der Waals surface area (Å²) < 4.78 is 5.46. The summed E-state index contributed by atoms with van der Waals surface area (Å²) in [7, 11) is 0. The summed E-state index contributed by atoms with van der Waals surface area (Å²) in [6, 6.07) is 11.4. The molecule has 2 amide bonds. The number of para-hydroxylation sites is 2. The second-order valence-corrected chi connectivity index (χ2v) is 7.67. The van der Waals surface area contributed by atoms with Gasteiger partial charge >= 0.3 is 5.97 Å². The van der Waals surface area contributed by atoms with Gasteiger partial charge in [-0.05, 0) is 42.5 Å². The highest BCUT2D eigenvalue weighted by Crippen LogP contribution is 2.53. The molecule has 2 aliphatic carbocycles. The number of rotatable bonds is 4. The number of carbonyl (C=O) groups excluding carboxylic acids is 3. The Kier molecular flexibility index (Phi) is 4.02. The molecule has 4 atom stereocenters. The van der Waals surface area contributed by atoms with E-state index >= 15 is 0 Å². The number of nitro benzene ring substituents is 1. The van der Waals surface area contributed by atoms with Crippen LogP contribution >= 0.6 is 0 Å². The summed E-state index contributed by atoms with van der Waals surface area (Å²) >= 11 is 0. The molecule has 8 heteroatoms. The number of non-ortho nitro benzene ring substituents is 1. The number of imide groups is 1. The first-order valence-corrected chi connectivity index (χ1v) is 9.57. The number of allylic oxidation sites excluding steroid dienone is 2. The molecule has 3 aliphatic rings. The fraction of sp³-hybridized carbons (Fsp3) is 0.227. The minimum Gasteiger partial charge on any atom is -0.421 e. The number of carbonyl (C=O) groups is 3. The van der Waals surface area contributed by atoms with Gasteiger partial charge in [-0.15, -0.1) is 0 Å². The molecular formula is C22H16N2O6. The number of benzene rings is 2. The number of ether oxygens (including phenoxy) is 1. The fourth-order valence-electron chi connectivity index (χ4n) is 4.75. The van der Waals surface area contributed by atoms with Gasteiger partial charge in [0.1, 0.15) is 0 Å². The smallest absolute Gasteiger partial charge is 0.343 e. The van der Waals surface area contributed by atoms with E-state index in [1.165, 1.54) is 30.3 Å². The number of hydrogen-bond acceptors (Lipinski definition) is 6. The molecule has 1 heterocycles. The van der Waals surface area contributed by atoms with E-state index in [9.17, 15) is 24.5 Å². The third-order valence-electron chi connectivity index (χ3n) is 6.09. The fourth-order valence-corrected chi connectivity index (χ4v) is 4.75. The summed E-state index contributed by atoms with van der Waals surface area (Å²) in [6.45, 7) is 0. The van der Waals surface area contributed by atoms with Crippen molar-refractivity contribution >= 4 is 29.2 Å². The van der Waals surface area contributed by atoms with Crippen LogP contribution in [0.15, 0.2) is 60.7 Å². The van der Waals surface area contributed by atoms with Crippen LogP contribution in [0, 0.1) is 33.8 Å². The lowest BCUT2D eigenvalue weighted by Crippen LogP contribution is -2.33. The van der Waals surface area contributed by atoms with Crippen LogP contribution in [-0.2, 0) is 9.59 Å². The summed E-state index contributed by atoms with van der Waals surface area (Å²) in [5.74, 6) is -1.73. The largest absolute Gasteiger partial charge is 0.421 e. The van der Waals surface area contributed by atoms with Gasteiger partial charge in [0.2, 0.25) is 11.8 Å². The minimum atomic E-state index is -0.738. The van der Waals surface area contributed by atoms with Gasteiger partial charge in [0.05, 0.1) is 28.0 Å². The van der Waals surface area contributed by atoms with Crippen molar-refractivity contribution < 1.29 is 24.0 Å². The van der Waals surface area contributed by atoms with E-state index in [0.29, 0.717) is 0 Å². The Morgan fingerprint density at radius 3 is 2.17 bits per heavy atom. The number of nitro groups is 1. The van der Waals surface area contributed by atoms with E-state index < -0.39 is 10.9 Å². The number of hydrogen-bond donors (Lipinski definition) is 0. The molecule has 0 spiro atoms. The molecule has 2 aromatic carbocycles. The third kappa shape index (κ3) is 2.64. The Hall–Kier alpha value is -3.81. The molecule has 0 radical (unpaired) electrons. The average Bonchev–Trinajstić information content (AvgIpc) is 3.42. The van der Waals surface area contributed by atoms with Crippen molar-refractivity contribution in [3.8, 4) is 5.75 Å². The van der Waals surface area contributed by atoms with Crippen LogP contribution in [0.25, 0.3) is 0 Å². The molecule has 150 valence electrons. The van der Waals surface area contributed by atoms with Crippen LogP contribution < -0.4 is 9.64 Å². The Bertz CT molecular complexity index is 1090. The average molecular weight is 404 g/mol. The predicted octanol–water partition coefficient (Wildman–Crippen LogP) is 3.13. The monoisotopic (exact) mass is 404 g/mol. The number of anilines is 1. The standard InChI is InChI=1S/C22H16N2O6/c25-20-18-13-5-6-14(11-13)19(18)21(26)23(20)16-3-1-2-4-17(16)30-22(27)12-7-9-15(10-8-12)24(28)29/h1-10,13-14,18-19H,11H2/t13-,14-,18-,19+/m1/s1. The maximum absolute atomic E-state index is 13.1. The molecule has 5 rings (SSSR count). The molecule has 30 heavy (non-hydrogen) atoms. The van der Waals surface area contributed by atoms with E-state index in [2.05, 4.69) is 0 Å². The van der Waals surface area contributed by atoms with Crippen LogP contribution in [0.5, 0.6) is 5.75 Å². The lowest BCUT2D eigenvalue weighted by atomic mass is 9.85. The second kappa shape index (κ2) is 6.62. The molecule has 1 saturated heterocycles. The maximum atomic E-state index is 13.1. The van der Waals surface area contributed by atoms with Gasteiger partial charge in [0.15, 0.2) is 5.75 Å². The molecule has 0 N–H and O–H groups in total. The summed E-state index contributed by atoms with van der Waals surface area (Å²) in [5, 5.41) is 10.8. The quantitative estimate of drug-likeness (QED) is 0.194. The molecule has 0 unspecified atom stereocenters. The van der Waals surface area contributed by atoms with Gasteiger partial charge in [-0.1, -0.05) is 24.3 Å². The highest BCUT2D eigenvalue weighted by molar-refractivity contribution is 6.23. The first kappa shape index (κ1) is 18.2. The first-order valence-electron chi connectivity index (χ1n) is 9.57. The normalized spacial score (nSPS) is 26.2. The van der Waals surface area contributed by atoms with Gasteiger partial charge < -0.3 is 4.74 Å². The summed E-state index contributed by atoms with van der Waals surface area (Å²) in [6.07, 6.45) is 4.86. The van der Waals surface area contributed by atoms with Gasteiger partial charge in [-0.3, -0.25) is 19.7 Å². The summed E-state index contributed by atoms with van der Waals surface area (Å²) in [5.41, 5.74) is 0.208. The molecule has 1 saturated carbocycles. The van der Waals surface area contributed by atoms with Crippen molar-refractivity contribution in [2.75, 3.05) is 4.90 Å². The van der Waals surface area contributed by atoms with E-state index in [1.54, 1.807) is 18.2 Å². The van der Waals surface area contributed by atoms with Crippen molar-refractivity contribution in [2.24, 2.45) is 23.7 Å². The molecule has 2 aromatic rings. The Balaban J connectivity index is 1.42. The lowest BCUT2D eigenvalue weighted by molar-refractivity contribution is -0.384. The SMILES string of the molecule is O=C(Oc1ccccc1N1C(=O)[C@@H]2[C@H](C1=O)[C@@H]1C=C[C@@H]2C1)c1ccc([N+](=O)[O-])cc1. The molecule has 1 aliphatic heterocycles. The molecule has 8 nitrogen and oxygen atoms in total. The lowest BCUT2D eigenvalue weighted by Gasteiger charge is -2.20. The Morgan fingerprint density at radius 2 is 1.57 bits per heavy atom.